The van der Waals surface area contributed by atoms with Crippen molar-refractivity contribution in [3.8, 4) is 5.75 Å². The summed E-state index contributed by atoms with van der Waals surface area (Å²) in [6.45, 7) is 1.75. The number of methoxy groups -OCH3 is 1. The number of rotatable bonds is 9. The molecule has 2 aromatic carbocycles. The molecule has 0 aliphatic carbocycles. The predicted molar refractivity (Wildman–Crippen MR) is 125 cm³/mol. The number of nitrogens with zero attached hydrogens (tertiary/aromatic N) is 2. The lowest BCUT2D eigenvalue weighted by Crippen LogP contribution is -2.43. The zero-order valence-electron chi connectivity index (χ0n) is 17.5. The van der Waals surface area contributed by atoms with Gasteiger partial charge in [-0.1, -0.05) is 48.5 Å². The summed E-state index contributed by atoms with van der Waals surface area (Å²) in [5, 5.41) is 6.50. The normalized spacial score (nSPS) is 10.2. The van der Waals surface area contributed by atoms with E-state index >= 15 is 0 Å². The quantitative estimate of drug-likeness (QED) is 0.504. The molecular weight excluding hydrogens is 408 g/mol. The van der Waals surface area contributed by atoms with E-state index in [-0.39, 0.29) is 12.5 Å². The van der Waals surface area contributed by atoms with Crippen LogP contribution in [0.3, 0.4) is 0 Å². The molecule has 3 rings (SSSR count). The fourth-order valence-electron chi connectivity index (χ4n) is 3.03. The summed E-state index contributed by atoms with van der Waals surface area (Å²) in [7, 11) is 1.62. The third-order valence-electron chi connectivity index (χ3n) is 4.62. The number of pyridine rings is 1. The van der Waals surface area contributed by atoms with Gasteiger partial charge < -0.3 is 20.3 Å². The largest absolute Gasteiger partial charge is 0.497 e. The minimum Gasteiger partial charge on any atom is -0.497 e. The molecule has 0 spiro atoms. The van der Waals surface area contributed by atoms with Crippen LogP contribution in [-0.4, -0.2) is 34.6 Å². The van der Waals surface area contributed by atoms with E-state index in [4.69, 9.17) is 17.0 Å². The van der Waals surface area contributed by atoms with Crippen molar-refractivity contribution in [2.45, 2.75) is 19.6 Å². The van der Waals surface area contributed by atoms with Crippen molar-refractivity contribution in [3.05, 3.63) is 95.8 Å². The molecule has 0 aliphatic heterocycles. The van der Waals surface area contributed by atoms with Crippen LogP contribution in [0.15, 0.2) is 79.1 Å². The van der Waals surface area contributed by atoms with Crippen LogP contribution >= 0.6 is 12.2 Å². The third-order valence-corrected chi connectivity index (χ3v) is 5.03. The molecule has 0 aliphatic rings. The summed E-state index contributed by atoms with van der Waals surface area (Å²) in [6.07, 6.45) is 3.57. The van der Waals surface area contributed by atoms with Crippen LogP contribution in [0.2, 0.25) is 0 Å². The Morgan fingerprint density at radius 3 is 2.45 bits per heavy atom. The number of amides is 1. The lowest BCUT2D eigenvalue weighted by Gasteiger charge is -2.26. The van der Waals surface area contributed by atoms with Crippen LogP contribution in [-0.2, 0) is 24.4 Å². The van der Waals surface area contributed by atoms with Gasteiger partial charge in [-0.2, -0.15) is 0 Å². The van der Waals surface area contributed by atoms with E-state index in [0.29, 0.717) is 24.7 Å². The number of thiocarbonyl (C=S) groups is 1. The summed E-state index contributed by atoms with van der Waals surface area (Å²) in [4.78, 5) is 18.5. The van der Waals surface area contributed by atoms with E-state index in [1.54, 1.807) is 13.3 Å². The van der Waals surface area contributed by atoms with Crippen molar-refractivity contribution in [2.75, 3.05) is 13.7 Å². The topological polar surface area (TPSA) is 66.5 Å². The first-order valence-corrected chi connectivity index (χ1v) is 10.4. The Morgan fingerprint density at radius 2 is 1.71 bits per heavy atom. The van der Waals surface area contributed by atoms with Crippen molar-refractivity contribution >= 4 is 23.2 Å². The van der Waals surface area contributed by atoms with Crippen molar-refractivity contribution < 1.29 is 9.53 Å². The van der Waals surface area contributed by atoms with Crippen molar-refractivity contribution in [1.82, 2.24) is 20.5 Å². The molecule has 2 N–H and O–H groups in total. The zero-order valence-corrected chi connectivity index (χ0v) is 18.3. The number of carbonyl (C=O) groups is 1. The Hall–Kier alpha value is -3.45. The average Bonchev–Trinajstić information content (AvgIpc) is 2.82. The van der Waals surface area contributed by atoms with E-state index in [0.717, 1.165) is 22.4 Å². The third kappa shape index (κ3) is 7.38. The molecule has 1 heterocycles. The van der Waals surface area contributed by atoms with Crippen molar-refractivity contribution in [1.29, 1.82) is 0 Å². The highest BCUT2D eigenvalue weighted by molar-refractivity contribution is 7.80. The Bertz CT molecular complexity index is 942. The summed E-state index contributed by atoms with van der Waals surface area (Å²) >= 11 is 5.60. The molecule has 1 amide bonds. The Labute approximate surface area is 188 Å². The number of benzene rings is 2. The van der Waals surface area contributed by atoms with Crippen molar-refractivity contribution in [2.24, 2.45) is 0 Å². The number of aromatic nitrogens is 1. The standard InChI is InChI=1S/C24H26N4O2S/c1-30-22-11-5-9-20(13-22)15-26-23(29)16-27-24(31)28(17-19-7-3-2-4-8-19)18-21-10-6-12-25-14-21/h2-14H,15-18H2,1H3,(H,26,29)(H,27,31). The van der Waals surface area contributed by atoms with Gasteiger partial charge in [0.1, 0.15) is 5.75 Å². The molecule has 0 saturated heterocycles. The van der Waals surface area contributed by atoms with E-state index in [2.05, 4.69) is 27.8 Å². The molecule has 31 heavy (non-hydrogen) atoms. The lowest BCUT2D eigenvalue weighted by molar-refractivity contribution is -0.120. The highest BCUT2D eigenvalue weighted by Gasteiger charge is 2.13. The molecule has 0 radical (unpaired) electrons. The molecule has 6 nitrogen and oxygen atoms in total. The van der Waals surface area contributed by atoms with Crippen LogP contribution in [0.25, 0.3) is 0 Å². The van der Waals surface area contributed by atoms with Crippen LogP contribution < -0.4 is 15.4 Å². The maximum atomic E-state index is 12.3. The molecular formula is C24H26N4O2S. The fourth-order valence-corrected chi connectivity index (χ4v) is 3.23. The van der Waals surface area contributed by atoms with Crippen LogP contribution in [0.1, 0.15) is 16.7 Å². The summed E-state index contributed by atoms with van der Waals surface area (Å²) in [6, 6.07) is 21.6. The zero-order chi connectivity index (χ0) is 21.9. The first-order chi connectivity index (χ1) is 15.1. The molecule has 0 fully saturated rings. The second-order valence-corrected chi connectivity index (χ2v) is 7.38. The molecule has 0 atom stereocenters. The van der Waals surface area contributed by atoms with Gasteiger partial charge in [-0.15, -0.1) is 0 Å². The number of ether oxygens (including phenoxy) is 1. The van der Waals surface area contributed by atoms with E-state index < -0.39 is 0 Å². The van der Waals surface area contributed by atoms with Gasteiger partial charge in [0, 0.05) is 32.0 Å². The first-order valence-electron chi connectivity index (χ1n) is 9.99. The molecule has 0 unspecified atom stereocenters. The van der Waals surface area contributed by atoms with Crippen molar-refractivity contribution in [3.63, 3.8) is 0 Å². The Balaban J connectivity index is 1.55. The Morgan fingerprint density at radius 1 is 0.968 bits per heavy atom. The van der Waals surface area contributed by atoms with Gasteiger partial charge in [-0.25, -0.2) is 0 Å². The van der Waals surface area contributed by atoms with Gasteiger partial charge in [-0.3, -0.25) is 9.78 Å². The molecule has 7 heteroatoms. The SMILES string of the molecule is COc1cccc(CNC(=O)CNC(=S)N(Cc2ccccc2)Cc2cccnc2)c1. The molecule has 0 bridgehead atoms. The van der Waals surface area contributed by atoms with Gasteiger partial charge >= 0.3 is 0 Å². The monoisotopic (exact) mass is 434 g/mol. The highest BCUT2D eigenvalue weighted by Crippen LogP contribution is 2.12. The number of carbonyl (C=O) groups excluding carboxylic acids is 1. The van der Waals surface area contributed by atoms with Gasteiger partial charge in [0.2, 0.25) is 5.91 Å². The second-order valence-electron chi connectivity index (χ2n) is 6.99. The second kappa shape index (κ2) is 11.7. The first kappa shape index (κ1) is 22.2. The summed E-state index contributed by atoms with van der Waals surface area (Å²) < 4.78 is 5.21. The maximum Gasteiger partial charge on any atom is 0.239 e. The van der Waals surface area contributed by atoms with E-state index in [9.17, 15) is 4.79 Å². The predicted octanol–water partition coefficient (Wildman–Crippen LogP) is 3.28. The molecule has 0 saturated carbocycles. The van der Waals surface area contributed by atoms with Gasteiger partial charge in [0.05, 0.1) is 13.7 Å². The summed E-state index contributed by atoms with van der Waals surface area (Å²) in [5.41, 5.74) is 3.15. The van der Waals surface area contributed by atoms with Crippen LogP contribution in [0.4, 0.5) is 0 Å². The van der Waals surface area contributed by atoms with Gasteiger partial charge in [-0.05, 0) is 47.1 Å². The van der Waals surface area contributed by atoms with E-state index in [1.807, 2.05) is 65.7 Å². The summed E-state index contributed by atoms with van der Waals surface area (Å²) in [5.74, 6) is 0.629. The smallest absolute Gasteiger partial charge is 0.239 e. The van der Waals surface area contributed by atoms with Gasteiger partial charge in [0.25, 0.3) is 0 Å². The molecule has 160 valence electrons. The van der Waals surface area contributed by atoms with Crippen LogP contribution in [0, 0.1) is 0 Å². The molecule has 1 aromatic heterocycles. The fraction of sp³-hybridized carbons (Fsp3) is 0.208. The number of hydrogen-bond acceptors (Lipinski definition) is 4. The van der Waals surface area contributed by atoms with Gasteiger partial charge in [0.15, 0.2) is 5.11 Å². The average molecular weight is 435 g/mol. The van der Waals surface area contributed by atoms with E-state index in [1.165, 1.54) is 0 Å². The lowest BCUT2D eigenvalue weighted by atomic mass is 10.2. The highest BCUT2D eigenvalue weighted by atomic mass is 32.1. The number of hydrogen-bond donors (Lipinski definition) is 2. The minimum atomic E-state index is -0.133. The minimum absolute atomic E-state index is 0.0983. The Kier molecular flexibility index (Phi) is 8.37. The number of nitrogens with one attached hydrogen (secondary N) is 2. The maximum absolute atomic E-state index is 12.3. The van der Waals surface area contributed by atoms with Crippen LogP contribution in [0.5, 0.6) is 5.75 Å². The molecule has 3 aromatic rings.